The monoisotopic (exact) mass is 245 g/mol. The molecular formula is C13H27NO3. The summed E-state index contributed by atoms with van der Waals surface area (Å²) in [4.78, 5) is 11.9. The van der Waals surface area contributed by atoms with Crippen LogP contribution in [0.2, 0.25) is 0 Å². The molecule has 0 heterocycles. The van der Waals surface area contributed by atoms with Crippen LogP contribution in [0.5, 0.6) is 0 Å². The van der Waals surface area contributed by atoms with Crippen LogP contribution in [0.3, 0.4) is 0 Å². The fraction of sp³-hybridized carbons (Fsp3) is 0.923. The Morgan fingerprint density at radius 3 is 2.47 bits per heavy atom. The fourth-order valence-electron chi connectivity index (χ4n) is 1.53. The lowest BCUT2D eigenvalue weighted by Gasteiger charge is -2.28. The molecule has 0 saturated heterocycles. The number of hydrogen-bond donors (Lipinski definition) is 1. The van der Waals surface area contributed by atoms with Gasteiger partial charge in [0.2, 0.25) is 0 Å². The largest absolute Gasteiger partial charge is 0.465 e. The normalized spacial score (nSPS) is 16.3. The molecule has 2 atom stereocenters. The van der Waals surface area contributed by atoms with Gasteiger partial charge in [0.15, 0.2) is 0 Å². The number of hydrogen-bond acceptors (Lipinski definition) is 4. The quantitative estimate of drug-likeness (QED) is 0.632. The first-order valence-corrected chi connectivity index (χ1v) is 6.54. The van der Waals surface area contributed by atoms with Gasteiger partial charge in [0.1, 0.15) is 5.54 Å². The number of likely N-dealkylation sites (N-methyl/N-ethyl adjacent to an activating group) is 1. The SMILES string of the molecule is CCNC(C)(CCOC(C)CC)C(=O)OCC. The van der Waals surface area contributed by atoms with E-state index in [1.54, 1.807) is 0 Å². The average molecular weight is 245 g/mol. The van der Waals surface area contributed by atoms with Crippen LogP contribution in [0.4, 0.5) is 0 Å². The van der Waals surface area contributed by atoms with Crippen molar-refractivity contribution < 1.29 is 14.3 Å². The van der Waals surface area contributed by atoms with Gasteiger partial charge in [-0.1, -0.05) is 13.8 Å². The van der Waals surface area contributed by atoms with Crippen molar-refractivity contribution >= 4 is 5.97 Å². The smallest absolute Gasteiger partial charge is 0.326 e. The van der Waals surface area contributed by atoms with E-state index < -0.39 is 5.54 Å². The lowest BCUT2D eigenvalue weighted by Crippen LogP contribution is -2.51. The molecule has 4 nitrogen and oxygen atoms in total. The minimum atomic E-state index is -0.641. The highest BCUT2D eigenvalue weighted by Crippen LogP contribution is 2.13. The summed E-state index contributed by atoms with van der Waals surface area (Å²) in [6, 6.07) is 0. The standard InChI is InChI=1S/C13H27NO3/c1-6-11(4)17-10-9-13(5,14-7-2)12(15)16-8-3/h11,14H,6-10H2,1-5H3. The van der Waals surface area contributed by atoms with E-state index in [0.29, 0.717) is 19.6 Å². The van der Waals surface area contributed by atoms with Crippen LogP contribution in [-0.2, 0) is 14.3 Å². The summed E-state index contributed by atoms with van der Waals surface area (Å²) in [6.07, 6.45) is 1.85. The number of nitrogens with one attached hydrogen (secondary N) is 1. The van der Waals surface area contributed by atoms with Crippen molar-refractivity contribution in [3.63, 3.8) is 0 Å². The van der Waals surface area contributed by atoms with Crippen molar-refractivity contribution in [1.82, 2.24) is 5.32 Å². The summed E-state index contributed by atoms with van der Waals surface area (Å²) in [7, 11) is 0. The van der Waals surface area contributed by atoms with Crippen molar-refractivity contribution in [2.45, 2.75) is 59.1 Å². The Morgan fingerprint density at radius 2 is 2.00 bits per heavy atom. The first-order chi connectivity index (χ1) is 8.00. The molecule has 0 aliphatic carbocycles. The fourth-order valence-corrected chi connectivity index (χ4v) is 1.53. The minimum Gasteiger partial charge on any atom is -0.465 e. The van der Waals surface area contributed by atoms with Gasteiger partial charge in [-0.3, -0.25) is 4.79 Å². The van der Waals surface area contributed by atoms with Crippen molar-refractivity contribution in [2.75, 3.05) is 19.8 Å². The van der Waals surface area contributed by atoms with Gasteiger partial charge in [0, 0.05) is 6.61 Å². The van der Waals surface area contributed by atoms with Crippen molar-refractivity contribution in [3.8, 4) is 0 Å². The molecule has 17 heavy (non-hydrogen) atoms. The molecule has 2 unspecified atom stereocenters. The summed E-state index contributed by atoms with van der Waals surface area (Å²) in [5, 5.41) is 3.18. The van der Waals surface area contributed by atoms with E-state index in [0.717, 1.165) is 13.0 Å². The van der Waals surface area contributed by atoms with Crippen LogP contribution in [0.25, 0.3) is 0 Å². The molecule has 0 fully saturated rings. The summed E-state index contributed by atoms with van der Waals surface area (Å²) in [6.45, 7) is 11.5. The van der Waals surface area contributed by atoms with Gasteiger partial charge < -0.3 is 14.8 Å². The predicted octanol–water partition coefficient (Wildman–Crippen LogP) is 2.12. The molecular weight excluding hydrogens is 218 g/mol. The molecule has 0 amide bonds. The van der Waals surface area contributed by atoms with Crippen molar-refractivity contribution in [1.29, 1.82) is 0 Å². The van der Waals surface area contributed by atoms with E-state index >= 15 is 0 Å². The molecule has 0 saturated carbocycles. The first kappa shape index (κ1) is 16.4. The number of rotatable bonds is 9. The zero-order valence-electron chi connectivity index (χ0n) is 11.8. The molecule has 0 rings (SSSR count). The molecule has 0 aliphatic rings. The predicted molar refractivity (Wildman–Crippen MR) is 69.0 cm³/mol. The van der Waals surface area contributed by atoms with Crippen LogP contribution in [0.15, 0.2) is 0 Å². The highest BCUT2D eigenvalue weighted by atomic mass is 16.5. The third-order valence-corrected chi connectivity index (χ3v) is 2.87. The summed E-state index contributed by atoms with van der Waals surface area (Å²) >= 11 is 0. The highest BCUT2D eigenvalue weighted by molar-refractivity contribution is 5.80. The first-order valence-electron chi connectivity index (χ1n) is 6.54. The Morgan fingerprint density at radius 1 is 1.35 bits per heavy atom. The third-order valence-electron chi connectivity index (χ3n) is 2.87. The average Bonchev–Trinajstić information content (AvgIpc) is 2.29. The molecule has 0 aromatic heterocycles. The maximum atomic E-state index is 11.9. The Hall–Kier alpha value is -0.610. The Bertz CT molecular complexity index is 221. The second-order valence-corrected chi connectivity index (χ2v) is 4.42. The maximum Gasteiger partial charge on any atom is 0.326 e. The summed E-state index contributed by atoms with van der Waals surface area (Å²) < 4.78 is 10.7. The van der Waals surface area contributed by atoms with Gasteiger partial charge in [-0.05, 0) is 40.2 Å². The Labute approximate surface area is 105 Å². The highest BCUT2D eigenvalue weighted by Gasteiger charge is 2.33. The summed E-state index contributed by atoms with van der Waals surface area (Å²) in [5.74, 6) is -0.199. The van der Waals surface area contributed by atoms with Crippen LogP contribution >= 0.6 is 0 Å². The molecule has 0 aromatic rings. The van der Waals surface area contributed by atoms with E-state index in [1.165, 1.54) is 0 Å². The van der Waals surface area contributed by atoms with E-state index in [9.17, 15) is 4.79 Å². The molecule has 102 valence electrons. The maximum absolute atomic E-state index is 11.9. The molecule has 0 bridgehead atoms. The second kappa shape index (κ2) is 8.48. The molecule has 0 radical (unpaired) electrons. The molecule has 0 aromatic carbocycles. The van der Waals surface area contributed by atoms with Crippen LogP contribution in [0, 0.1) is 0 Å². The Balaban J connectivity index is 4.25. The van der Waals surface area contributed by atoms with Gasteiger partial charge in [-0.2, -0.15) is 0 Å². The number of esters is 1. The van der Waals surface area contributed by atoms with E-state index in [1.807, 2.05) is 27.7 Å². The topological polar surface area (TPSA) is 47.6 Å². The minimum absolute atomic E-state index is 0.199. The summed E-state index contributed by atoms with van der Waals surface area (Å²) in [5.41, 5.74) is -0.641. The van der Waals surface area contributed by atoms with Crippen molar-refractivity contribution in [3.05, 3.63) is 0 Å². The van der Waals surface area contributed by atoms with Gasteiger partial charge in [-0.25, -0.2) is 0 Å². The van der Waals surface area contributed by atoms with Gasteiger partial charge >= 0.3 is 5.97 Å². The van der Waals surface area contributed by atoms with E-state index in [4.69, 9.17) is 9.47 Å². The van der Waals surface area contributed by atoms with Gasteiger partial charge in [-0.15, -0.1) is 0 Å². The number of ether oxygens (including phenoxy) is 2. The lowest BCUT2D eigenvalue weighted by molar-refractivity contribution is -0.151. The van der Waals surface area contributed by atoms with Gasteiger partial charge in [0.25, 0.3) is 0 Å². The molecule has 4 heteroatoms. The lowest BCUT2D eigenvalue weighted by atomic mass is 9.98. The van der Waals surface area contributed by atoms with Gasteiger partial charge in [0.05, 0.1) is 12.7 Å². The molecule has 0 aliphatic heterocycles. The third kappa shape index (κ3) is 6.03. The Kier molecular flexibility index (Phi) is 8.17. The van der Waals surface area contributed by atoms with Crippen molar-refractivity contribution in [2.24, 2.45) is 0 Å². The number of carbonyl (C=O) groups is 1. The zero-order chi connectivity index (χ0) is 13.3. The van der Waals surface area contributed by atoms with Crippen LogP contribution in [-0.4, -0.2) is 37.4 Å². The second-order valence-electron chi connectivity index (χ2n) is 4.42. The van der Waals surface area contributed by atoms with Crippen LogP contribution < -0.4 is 5.32 Å². The van der Waals surface area contributed by atoms with Crippen LogP contribution in [0.1, 0.15) is 47.5 Å². The zero-order valence-corrected chi connectivity index (χ0v) is 11.8. The number of carbonyl (C=O) groups excluding carboxylic acids is 1. The molecule has 1 N–H and O–H groups in total. The van der Waals surface area contributed by atoms with E-state index in [2.05, 4.69) is 12.2 Å². The van der Waals surface area contributed by atoms with E-state index in [-0.39, 0.29) is 12.1 Å². The molecule has 0 spiro atoms.